The van der Waals surface area contributed by atoms with Crippen molar-refractivity contribution in [2.45, 2.75) is 25.1 Å². The van der Waals surface area contributed by atoms with Crippen LogP contribution in [0.15, 0.2) is 18.2 Å². The fraction of sp³-hybridized carbons (Fsp3) is 0.462. The predicted octanol–water partition coefficient (Wildman–Crippen LogP) is 3.38. The van der Waals surface area contributed by atoms with Crippen molar-refractivity contribution in [1.82, 2.24) is 4.90 Å². The standard InChI is InChI=1S/C13H17BrFNO/c1-9-4-5-12(15)11(8-9)13(17)16(3)7-6-10(2)14/h4-5,8,10H,6-7H2,1-3H3. The van der Waals surface area contributed by atoms with Gasteiger partial charge in [0.15, 0.2) is 0 Å². The highest BCUT2D eigenvalue weighted by Gasteiger charge is 2.16. The highest BCUT2D eigenvalue weighted by atomic mass is 79.9. The second kappa shape index (κ2) is 6.15. The predicted molar refractivity (Wildman–Crippen MR) is 71.1 cm³/mol. The number of rotatable bonds is 4. The summed E-state index contributed by atoms with van der Waals surface area (Å²) >= 11 is 3.42. The van der Waals surface area contributed by atoms with E-state index in [0.717, 1.165) is 12.0 Å². The van der Waals surface area contributed by atoms with Crippen LogP contribution in [0, 0.1) is 12.7 Å². The molecule has 0 fully saturated rings. The Balaban J connectivity index is 2.78. The Kier molecular flexibility index (Phi) is 5.12. The van der Waals surface area contributed by atoms with Crippen LogP contribution >= 0.6 is 15.9 Å². The van der Waals surface area contributed by atoms with Crippen molar-refractivity contribution in [3.8, 4) is 0 Å². The monoisotopic (exact) mass is 301 g/mol. The molecule has 0 saturated carbocycles. The highest BCUT2D eigenvalue weighted by molar-refractivity contribution is 9.09. The summed E-state index contributed by atoms with van der Waals surface area (Å²) in [6.45, 7) is 4.47. The van der Waals surface area contributed by atoms with Crippen LogP contribution in [0.5, 0.6) is 0 Å². The van der Waals surface area contributed by atoms with E-state index in [0.29, 0.717) is 11.4 Å². The molecule has 17 heavy (non-hydrogen) atoms. The van der Waals surface area contributed by atoms with Crippen molar-refractivity contribution in [1.29, 1.82) is 0 Å². The minimum absolute atomic E-state index is 0.148. The lowest BCUT2D eigenvalue weighted by Gasteiger charge is -2.18. The van der Waals surface area contributed by atoms with E-state index in [1.54, 1.807) is 24.1 Å². The molecule has 94 valence electrons. The third-order valence-electron chi connectivity index (χ3n) is 2.56. The molecule has 1 rings (SSSR count). The van der Waals surface area contributed by atoms with Crippen LogP contribution < -0.4 is 0 Å². The lowest BCUT2D eigenvalue weighted by Crippen LogP contribution is -2.29. The molecule has 0 bridgehead atoms. The summed E-state index contributed by atoms with van der Waals surface area (Å²) in [5, 5.41) is 0. The molecule has 1 atom stereocenters. The van der Waals surface area contributed by atoms with Crippen LogP contribution in [0.3, 0.4) is 0 Å². The fourth-order valence-corrected chi connectivity index (χ4v) is 1.69. The van der Waals surface area contributed by atoms with Gasteiger partial charge in [0.2, 0.25) is 0 Å². The summed E-state index contributed by atoms with van der Waals surface area (Å²) in [5.74, 6) is -0.723. The summed E-state index contributed by atoms with van der Waals surface area (Å²) < 4.78 is 13.5. The van der Waals surface area contributed by atoms with Crippen LogP contribution in [0.2, 0.25) is 0 Å². The molecule has 0 aliphatic heterocycles. The van der Waals surface area contributed by atoms with Crippen molar-refractivity contribution in [2.24, 2.45) is 0 Å². The van der Waals surface area contributed by atoms with E-state index in [1.807, 2.05) is 13.8 Å². The lowest BCUT2D eigenvalue weighted by molar-refractivity contribution is 0.0789. The van der Waals surface area contributed by atoms with Gasteiger partial charge in [0.25, 0.3) is 5.91 Å². The van der Waals surface area contributed by atoms with Gasteiger partial charge in [-0.2, -0.15) is 0 Å². The SMILES string of the molecule is Cc1ccc(F)c(C(=O)N(C)CCC(C)Br)c1. The van der Waals surface area contributed by atoms with Gasteiger partial charge in [0.05, 0.1) is 5.56 Å². The lowest BCUT2D eigenvalue weighted by atomic mass is 10.1. The Hall–Kier alpha value is -0.900. The van der Waals surface area contributed by atoms with Gasteiger partial charge in [-0.05, 0) is 25.5 Å². The first-order valence-corrected chi connectivity index (χ1v) is 6.49. The third-order valence-corrected chi connectivity index (χ3v) is 3.02. The first-order chi connectivity index (χ1) is 7.91. The third kappa shape index (κ3) is 4.11. The Morgan fingerprint density at radius 1 is 1.53 bits per heavy atom. The maximum atomic E-state index is 13.5. The van der Waals surface area contributed by atoms with Crippen LogP contribution in [0.1, 0.15) is 29.3 Å². The number of carbonyl (C=O) groups excluding carboxylic acids is 1. The minimum Gasteiger partial charge on any atom is -0.342 e. The molecule has 0 spiro atoms. The maximum absolute atomic E-state index is 13.5. The first kappa shape index (κ1) is 14.2. The first-order valence-electron chi connectivity index (χ1n) is 5.57. The van der Waals surface area contributed by atoms with Crippen LogP contribution in [-0.4, -0.2) is 29.2 Å². The average Bonchev–Trinajstić information content (AvgIpc) is 2.28. The largest absolute Gasteiger partial charge is 0.342 e. The smallest absolute Gasteiger partial charge is 0.256 e. The zero-order valence-corrected chi connectivity index (χ0v) is 11.9. The number of amides is 1. The molecule has 2 nitrogen and oxygen atoms in total. The van der Waals surface area contributed by atoms with Crippen LogP contribution in [-0.2, 0) is 0 Å². The quantitative estimate of drug-likeness (QED) is 0.781. The topological polar surface area (TPSA) is 20.3 Å². The Morgan fingerprint density at radius 2 is 2.18 bits per heavy atom. The Morgan fingerprint density at radius 3 is 2.76 bits per heavy atom. The molecule has 0 N–H and O–H groups in total. The maximum Gasteiger partial charge on any atom is 0.256 e. The minimum atomic E-state index is -0.459. The number of benzene rings is 1. The van der Waals surface area contributed by atoms with E-state index in [4.69, 9.17) is 0 Å². The van der Waals surface area contributed by atoms with E-state index >= 15 is 0 Å². The molecular weight excluding hydrogens is 285 g/mol. The second-order valence-electron chi connectivity index (χ2n) is 4.28. The van der Waals surface area contributed by atoms with Gasteiger partial charge in [-0.25, -0.2) is 4.39 Å². The molecule has 0 aliphatic carbocycles. The average molecular weight is 302 g/mol. The van der Waals surface area contributed by atoms with E-state index in [1.165, 1.54) is 6.07 Å². The number of halogens is 2. The van der Waals surface area contributed by atoms with Crippen molar-refractivity contribution in [3.63, 3.8) is 0 Å². The van der Waals surface area contributed by atoms with Gasteiger partial charge >= 0.3 is 0 Å². The van der Waals surface area contributed by atoms with Gasteiger partial charge in [-0.15, -0.1) is 0 Å². The zero-order valence-electron chi connectivity index (χ0n) is 10.3. The highest BCUT2D eigenvalue weighted by Crippen LogP contribution is 2.13. The van der Waals surface area contributed by atoms with E-state index in [-0.39, 0.29) is 11.5 Å². The van der Waals surface area contributed by atoms with Gasteiger partial charge < -0.3 is 4.90 Å². The van der Waals surface area contributed by atoms with Gasteiger partial charge in [-0.1, -0.05) is 34.5 Å². The number of aryl methyl sites for hydroxylation is 1. The summed E-state index contributed by atoms with van der Waals surface area (Å²) in [7, 11) is 1.69. The molecule has 0 heterocycles. The number of hydrogen-bond acceptors (Lipinski definition) is 1. The summed E-state index contributed by atoms with van der Waals surface area (Å²) in [6, 6.07) is 4.59. The fourth-order valence-electron chi connectivity index (χ4n) is 1.48. The molecule has 1 aromatic carbocycles. The number of carbonyl (C=O) groups is 1. The Labute approximate surface area is 110 Å². The molecule has 0 radical (unpaired) electrons. The summed E-state index contributed by atoms with van der Waals surface area (Å²) in [6.07, 6.45) is 0.843. The number of alkyl halides is 1. The van der Waals surface area contributed by atoms with E-state index in [2.05, 4.69) is 15.9 Å². The number of hydrogen-bond donors (Lipinski definition) is 0. The summed E-state index contributed by atoms with van der Waals surface area (Å²) in [4.78, 5) is 13.9. The molecule has 1 amide bonds. The Bertz CT molecular complexity index is 406. The van der Waals surface area contributed by atoms with E-state index in [9.17, 15) is 9.18 Å². The van der Waals surface area contributed by atoms with Gasteiger partial charge in [0, 0.05) is 18.4 Å². The normalized spacial score (nSPS) is 12.3. The molecule has 4 heteroatoms. The van der Waals surface area contributed by atoms with Crippen LogP contribution in [0.4, 0.5) is 4.39 Å². The molecule has 0 aliphatic rings. The molecule has 1 unspecified atom stereocenters. The van der Waals surface area contributed by atoms with Crippen LogP contribution in [0.25, 0.3) is 0 Å². The molecular formula is C13H17BrFNO. The van der Waals surface area contributed by atoms with E-state index < -0.39 is 5.82 Å². The summed E-state index contributed by atoms with van der Waals surface area (Å²) in [5.41, 5.74) is 1.03. The second-order valence-corrected chi connectivity index (χ2v) is 5.84. The van der Waals surface area contributed by atoms with Crippen molar-refractivity contribution < 1.29 is 9.18 Å². The molecule has 0 saturated heterocycles. The van der Waals surface area contributed by atoms with Crippen molar-refractivity contribution in [3.05, 3.63) is 35.1 Å². The molecule has 1 aromatic rings. The van der Waals surface area contributed by atoms with Crippen molar-refractivity contribution in [2.75, 3.05) is 13.6 Å². The van der Waals surface area contributed by atoms with Gasteiger partial charge in [-0.3, -0.25) is 4.79 Å². The zero-order chi connectivity index (χ0) is 13.0. The van der Waals surface area contributed by atoms with Gasteiger partial charge in [0.1, 0.15) is 5.82 Å². The molecule has 0 aromatic heterocycles. The van der Waals surface area contributed by atoms with Crippen molar-refractivity contribution >= 4 is 21.8 Å². The number of nitrogens with zero attached hydrogens (tertiary/aromatic N) is 1.